The van der Waals surface area contributed by atoms with Gasteiger partial charge in [0.25, 0.3) is 0 Å². The van der Waals surface area contributed by atoms with Crippen LogP contribution < -0.4 is 0 Å². The van der Waals surface area contributed by atoms with Crippen molar-refractivity contribution in [2.45, 2.75) is 25.7 Å². The van der Waals surface area contributed by atoms with Crippen LogP contribution in [0.3, 0.4) is 0 Å². The van der Waals surface area contributed by atoms with Crippen LogP contribution in [0.1, 0.15) is 25.7 Å². The van der Waals surface area contributed by atoms with Crippen LogP contribution in [0.15, 0.2) is 0 Å². The number of carbonyl (C=O) groups excluding carboxylic acids is 1. The summed E-state index contributed by atoms with van der Waals surface area (Å²) in [6.07, 6.45) is 4.23. The average Bonchev–Trinajstić information content (AvgIpc) is 1.80. The molecule has 0 heterocycles. The molecular formula is C6H10ClNO. The van der Waals surface area contributed by atoms with Gasteiger partial charge in [-0.2, -0.15) is 0 Å². The standard InChI is InChI=1S/C6H10ClNO/c7-6(9)4-2-1-3-5-8/h5,8H,1-4H2. The van der Waals surface area contributed by atoms with E-state index >= 15 is 0 Å². The number of rotatable bonds is 5. The zero-order chi connectivity index (χ0) is 7.11. The van der Waals surface area contributed by atoms with Crippen LogP contribution in [0.25, 0.3) is 0 Å². The number of unbranched alkanes of at least 4 members (excludes halogenated alkanes) is 2. The summed E-state index contributed by atoms with van der Waals surface area (Å²) in [5.74, 6) is 0. The van der Waals surface area contributed by atoms with Gasteiger partial charge in [0.1, 0.15) is 0 Å². The predicted octanol–water partition coefficient (Wildman–Crippen LogP) is 1.96. The summed E-state index contributed by atoms with van der Waals surface area (Å²) in [4.78, 5) is 10.1. The van der Waals surface area contributed by atoms with E-state index in [1.807, 2.05) is 0 Å². The first-order valence-corrected chi connectivity index (χ1v) is 3.32. The third-order valence-electron chi connectivity index (χ3n) is 0.972. The van der Waals surface area contributed by atoms with Gasteiger partial charge in [-0.15, -0.1) is 0 Å². The van der Waals surface area contributed by atoms with Gasteiger partial charge >= 0.3 is 0 Å². The largest absolute Gasteiger partial charge is 0.313 e. The first-order chi connectivity index (χ1) is 4.27. The molecule has 0 atom stereocenters. The normalized spacial score (nSPS) is 9.00. The molecule has 0 spiro atoms. The van der Waals surface area contributed by atoms with Gasteiger partial charge in [0.05, 0.1) is 0 Å². The Labute approximate surface area is 59.7 Å². The smallest absolute Gasteiger partial charge is 0.221 e. The molecule has 0 saturated heterocycles. The lowest BCUT2D eigenvalue weighted by Crippen LogP contribution is -1.85. The molecule has 0 rings (SSSR count). The van der Waals surface area contributed by atoms with E-state index in [4.69, 9.17) is 17.0 Å². The van der Waals surface area contributed by atoms with Gasteiger partial charge in [-0.1, -0.05) is 0 Å². The highest BCUT2D eigenvalue weighted by Crippen LogP contribution is 2.00. The Morgan fingerprint density at radius 2 is 2.22 bits per heavy atom. The molecule has 2 nitrogen and oxygen atoms in total. The molecule has 0 amide bonds. The van der Waals surface area contributed by atoms with E-state index < -0.39 is 0 Å². The molecule has 0 aliphatic rings. The second kappa shape index (κ2) is 5.76. The molecule has 0 saturated carbocycles. The lowest BCUT2D eigenvalue weighted by molar-refractivity contribution is -0.111. The van der Waals surface area contributed by atoms with Gasteiger partial charge < -0.3 is 5.41 Å². The molecule has 9 heavy (non-hydrogen) atoms. The molecule has 0 aromatic rings. The molecule has 0 bridgehead atoms. The topological polar surface area (TPSA) is 40.9 Å². The number of hydrogen-bond acceptors (Lipinski definition) is 2. The Hall–Kier alpha value is -0.370. The van der Waals surface area contributed by atoms with Crippen molar-refractivity contribution in [1.82, 2.24) is 0 Å². The van der Waals surface area contributed by atoms with E-state index in [1.54, 1.807) is 0 Å². The van der Waals surface area contributed by atoms with Crippen LogP contribution in [0, 0.1) is 5.41 Å². The first-order valence-electron chi connectivity index (χ1n) is 2.94. The number of nitrogens with one attached hydrogen (secondary N) is 1. The van der Waals surface area contributed by atoms with Gasteiger partial charge in [0.2, 0.25) is 5.24 Å². The lowest BCUT2D eigenvalue weighted by atomic mass is 10.2. The summed E-state index contributed by atoms with van der Waals surface area (Å²) in [7, 11) is 0. The molecule has 52 valence electrons. The number of hydrogen-bond donors (Lipinski definition) is 1. The SMILES string of the molecule is N=CCCCCC(=O)Cl. The van der Waals surface area contributed by atoms with Crippen molar-refractivity contribution in [2.24, 2.45) is 0 Å². The maximum absolute atomic E-state index is 10.1. The Kier molecular flexibility index (Phi) is 5.52. The molecule has 0 aromatic carbocycles. The van der Waals surface area contributed by atoms with E-state index in [1.165, 1.54) is 6.21 Å². The third kappa shape index (κ3) is 7.63. The van der Waals surface area contributed by atoms with E-state index in [9.17, 15) is 4.79 Å². The minimum atomic E-state index is -0.278. The van der Waals surface area contributed by atoms with Crippen molar-refractivity contribution in [3.05, 3.63) is 0 Å². The van der Waals surface area contributed by atoms with Gasteiger partial charge in [0.15, 0.2) is 0 Å². The molecule has 0 aliphatic carbocycles. The first kappa shape index (κ1) is 8.63. The lowest BCUT2D eigenvalue weighted by Gasteiger charge is -1.89. The van der Waals surface area contributed by atoms with E-state index in [2.05, 4.69) is 0 Å². The minimum Gasteiger partial charge on any atom is -0.313 e. The monoisotopic (exact) mass is 147 g/mol. The van der Waals surface area contributed by atoms with Crippen molar-refractivity contribution >= 4 is 23.1 Å². The molecule has 0 unspecified atom stereocenters. The average molecular weight is 148 g/mol. The molecule has 1 N–H and O–H groups in total. The zero-order valence-electron chi connectivity index (χ0n) is 5.19. The van der Waals surface area contributed by atoms with Crippen LogP contribution in [0.2, 0.25) is 0 Å². The summed E-state index contributed by atoms with van der Waals surface area (Å²) >= 11 is 5.06. The van der Waals surface area contributed by atoms with E-state index in [0.717, 1.165) is 19.3 Å². The fraction of sp³-hybridized carbons (Fsp3) is 0.667. The second-order valence-electron chi connectivity index (χ2n) is 1.81. The summed E-state index contributed by atoms with van der Waals surface area (Å²) in [5, 5.41) is 6.37. The molecule has 3 heteroatoms. The van der Waals surface area contributed by atoms with Crippen LogP contribution in [0.4, 0.5) is 0 Å². The maximum Gasteiger partial charge on any atom is 0.221 e. The summed E-state index contributed by atoms with van der Waals surface area (Å²) in [5.41, 5.74) is 0. The fourth-order valence-electron chi connectivity index (χ4n) is 0.510. The molecule has 0 aromatic heterocycles. The van der Waals surface area contributed by atoms with Gasteiger partial charge in [-0.05, 0) is 37.1 Å². The summed E-state index contributed by atoms with van der Waals surface area (Å²) in [6, 6.07) is 0. The number of carbonyl (C=O) groups is 1. The highest BCUT2D eigenvalue weighted by molar-refractivity contribution is 6.63. The molecule has 0 aliphatic heterocycles. The van der Waals surface area contributed by atoms with Crippen molar-refractivity contribution in [3.8, 4) is 0 Å². The summed E-state index contributed by atoms with van der Waals surface area (Å²) in [6.45, 7) is 0. The highest BCUT2D eigenvalue weighted by atomic mass is 35.5. The van der Waals surface area contributed by atoms with Gasteiger partial charge in [-0.25, -0.2) is 0 Å². The van der Waals surface area contributed by atoms with Crippen LogP contribution in [-0.4, -0.2) is 11.5 Å². The Balaban J connectivity index is 2.91. The Morgan fingerprint density at radius 3 is 2.67 bits per heavy atom. The van der Waals surface area contributed by atoms with Crippen LogP contribution in [-0.2, 0) is 4.79 Å². The van der Waals surface area contributed by atoms with Crippen molar-refractivity contribution < 1.29 is 4.79 Å². The molecule has 0 radical (unpaired) electrons. The van der Waals surface area contributed by atoms with E-state index in [0.29, 0.717) is 6.42 Å². The number of halogens is 1. The van der Waals surface area contributed by atoms with Gasteiger partial charge in [0, 0.05) is 6.42 Å². The van der Waals surface area contributed by atoms with Crippen LogP contribution >= 0.6 is 11.6 Å². The van der Waals surface area contributed by atoms with E-state index in [-0.39, 0.29) is 5.24 Å². The molecular weight excluding hydrogens is 138 g/mol. The van der Waals surface area contributed by atoms with Gasteiger partial charge in [-0.3, -0.25) is 4.79 Å². The fourth-order valence-corrected chi connectivity index (χ4v) is 0.644. The zero-order valence-corrected chi connectivity index (χ0v) is 5.95. The minimum absolute atomic E-state index is 0.278. The Morgan fingerprint density at radius 1 is 1.56 bits per heavy atom. The van der Waals surface area contributed by atoms with Crippen molar-refractivity contribution in [1.29, 1.82) is 5.41 Å². The van der Waals surface area contributed by atoms with Crippen molar-refractivity contribution in [3.63, 3.8) is 0 Å². The highest BCUT2D eigenvalue weighted by Gasteiger charge is 1.93. The second-order valence-corrected chi connectivity index (χ2v) is 2.23. The Bertz CT molecular complexity index is 103. The quantitative estimate of drug-likeness (QED) is 0.361. The molecule has 0 fully saturated rings. The van der Waals surface area contributed by atoms with Crippen molar-refractivity contribution in [2.75, 3.05) is 0 Å². The van der Waals surface area contributed by atoms with Crippen LogP contribution in [0.5, 0.6) is 0 Å². The summed E-state index contributed by atoms with van der Waals surface area (Å²) < 4.78 is 0. The third-order valence-corrected chi connectivity index (χ3v) is 1.16. The maximum atomic E-state index is 10.1. The predicted molar refractivity (Wildman–Crippen MR) is 38.1 cm³/mol.